The van der Waals surface area contributed by atoms with Crippen molar-refractivity contribution < 1.29 is 4.79 Å². The SMILES string of the molecule is O=C(Nc1cccc2[nH]ccc12)C1(n2cccn2)CCNCC1. The second kappa shape index (κ2) is 5.55. The van der Waals surface area contributed by atoms with Gasteiger partial charge in [0.05, 0.1) is 5.69 Å². The number of rotatable bonds is 3. The molecule has 3 heterocycles. The van der Waals surface area contributed by atoms with E-state index in [4.69, 9.17) is 0 Å². The maximum atomic E-state index is 13.1. The van der Waals surface area contributed by atoms with Crippen LogP contribution in [0, 0.1) is 0 Å². The molecule has 2 aromatic heterocycles. The van der Waals surface area contributed by atoms with Crippen LogP contribution in [0.4, 0.5) is 5.69 Å². The Hall–Kier alpha value is -2.60. The van der Waals surface area contributed by atoms with Crippen molar-refractivity contribution in [1.29, 1.82) is 0 Å². The molecule has 6 nitrogen and oxygen atoms in total. The van der Waals surface area contributed by atoms with Crippen LogP contribution in [-0.4, -0.2) is 33.8 Å². The third-order valence-electron chi connectivity index (χ3n) is 4.64. The second-order valence-electron chi connectivity index (χ2n) is 5.93. The molecule has 118 valence electrons. The number of H-pyrrole nitrogens is 1. The van der Waals surface area contributed by atoms with E-state index in [1.165, 1.54) is 0 Å². The monoisotopic (exact) mass is 309 g/mol. The number of aromatic nitrogens is 3. The second-order valence-corrected chi connectivity index (χ2v) is 5.93. The number of nitrogens with zero attached hydrogens (tertiary/aromatic N) is 2. The number of benzene rings is 1. The summed E-state index contributed by atoms with van der Waals surface area (Å²) in [6.07, 6.45) is 6.94. The van der Waals surface area contributed by atoms with E-state index in [1.807, 2.05) is 42.7 Å². The fourth-order valence-electron chi connectivity index (χ4n) is 3.36. The van der Waals surface area contributed by atoms with Crippen LogP contribution in [0.3, 0.4) is 0 Å². The lowest BCUT2D eigenvalue weighted by Crippen LogP contribution is -2.52. The van der Waals surface area contributed by atoms with Crippen LogP contribution < -0.4 is 10.6 Å². The Bertz CT molecular complexity index is 815. The molecule has 0 radical (unpaired) electrons. The summed E-state index contributed by atoms with van der Waals surface area (Å²) in [5.41, 5.74) is 1.22. The van der Waals surface area contributed by atoms with E-state index in [1.54, 1.807) is 10.9 Å². The van der Waals surface area contributed by atoms with E-state index in [0.717, 1.165) is 42.5 Å². The minimum Gasteiger partial charge on any atom is -0.361 e. The number of fused-ring (bicyclic) bond motifs is 1. The zero-order valence-corrected chi connectivity index (χ0v) is 12.7. The molecular formula is C17H19N5O. The molecule has 1 aromatic carbocycles. The van der Waals surface area contributed by atoms with Gasteiger partial charge in [-0.2, -0.15) is 5.10 Å². The van der Waals surface area contributed by atoms with E-state index in [-0.39, 0.29) is 5.91 Å². The molecule has 1 saturated heterocycles. The minimum atomic E-state index is -0.632. The Morgan fingerprint density at radius 1 is 1.22 bits per heavy atom. The van der Waals surface area contributed by atoms with Crippen molar-refractivity contribution in [2.24, 2.45) is 0 Å². The maximum Gasteiger partial charge on any atom is 0.252 e. The Balaban J connectivity index is 1.70. The number of carbonyl (C=O) groups excluding carboxylic acids is 1. The zero-order valence-electron chi connectivity index (χ0n) is 12.7. The van der Waals surface area contributed by atoms with Crippen LogP contribution in [0.25, 0.3) is 10.9 Å². The average Bonchev–Trinajstić information content (AvgIpc) is 3.27. The largest absolute Gasteiger partial charge is 0.361 e. The Labute approximate surface area is 133 Å². The van der Waals surface area contributed by atoms with E-state index in [9.17, 15) is 4.79 Å². The highest BCUT2D eigenvalue weighted by atomic mass is 16.2. The third-order valence-corrected chi connectivity index (χ3v) is 4.64. The van der Waals surface area contributed by atoms with Gasteiger partial charge in [-0.05, 0) is 50.2 Å². The van der Waals surface area contributed by atoms with Gasteiger partial charge >= 0.3 is 0 Å². The summed E-state index contributed by atoms with van der Waals surface area (Å²) in [4.78, 5) is 16.3. The first-order valence-electron chi connectivity index (χ1n) is 7.88. The van der Waals surface area contributed by atoms with Gasteiger partial charge in [0.15, 0.2) is 0 Å². The van der Waals surface area contributed by atoms with Crippen LogP contribution in [0.5, 0.6) is 0 Å². The molecule has 1 amide bonds. The zero-order chi connectivity index (χ0) is 15.7. The number of hydrogen-bond acceptors (Lipinski definition) is 3. The summed E-state index contributed by atoms with van der Waals surface area (Å²) < 4.78 is 1.81. The van der Waals surface area contributed by atoms with Crippen LogP contribution in [0.1, 0.15) is 12.8 Å². The first kappa shape index (κ1) is 14.0. The van der Waals surface area contributed by atoms with Crippen LogP contribution in [0.2, 0.25) is 0 Å². The standard InChI is InChI=1S/C17H19N5O/c23-16(21-15-4-1-3-14-13(15)5-9-19-14)17(6-10-18-11-7-17)22-12-2-8-20-22/h1-5,8-9,12,18-19H,6-7,10-11H2,(H,21,23). The van der Waals surface area contributed by atoms with Crippen LogP contribution >= 0.6 is 0 Å². The maximum absolute atomic E-state index is 13.1. The normalized spacial score (nSPS) is 17.2. The number of piperidine rings is 1. The molecule has 0 aliphatic carbocycles. The molecule has 4 rings (SSSR count). The highest BCUT2D eigenvalue weighted by molar-refractivity contribution is 6.04. The van der Waals surface area contributed by atoms with E-state index < -0.39 is 5.54 Å². The minimum absolute atomic E-state index is 0.00333. The number of amides is 1. The fraction of sp³-hybridized carbons (Fsp3) is 0.294. The van der Waals surface area contributed by atoms with Gasteiger partial charge in [0, 0.05) is 29.5 Å². The lowest BCUT2D eigenvalue weighted by atomic mass is 9.87. The average molecular weight is 309 g/mol. The Morgan fingerprint density at radius 2 is 2.09 bits per heavy atom. The lowest BCUT2D eigenvalue weighted by molar-refractivity contribution is -0.126. The molecule has 3 N–H and O–H groups in total. The van der Waals surface area contributed by atoms with Crippen molar-refractivity contribution in [2.45, 2.75) is 18.4 Å². The Morgan fingerprint density at radius 3 is 2.87 bits per heavy atom. The quantitative estimate of drug-likeness (QED) is 0.693. The van der Waals surface area contributed by atoms with Crippen molar-refractivity contribution in [3.05, 3.63) is 48.9 Å². The molecule has 0 atom stereocenters. The van der Waals surface area contributed by atoms with Crippen molar-refractivity contribution in [3.63, 3.8) is 0 Å². The molecule has 0 unspecified atom stereocenters. The van der Waals surface area contributed by atoms with Gasteiger partial charge in [-0.25, -0.2) is 0 Å². The van der Waals surface area contributed by atoms with E-state index >= 15 is 0 Å². The molecule has 1 aliphatic heterocycles. The van der Waals surface area contributed by atoms with E-state index in [2.05, 4.69) is 20.7 Å². The smallest absolute Gasteiger partial charge is 0.252 e. The number of aromatic amines is 1. The van der Waals surface area contributed by atoms with Gasteiger partial charge in [0.1, 0.15) is 5.54 Å². The number of anilines is 1. The summed E-state index contributed by atoms with van der Waals surface area (Å²) in [7, 11) is 0. The summed E-state index contributed by atoms with van der Waals surface area (Å²) in [6.45, 7) is 1.61. The van der Waals surface area contributed by atoms with Gasteiger partial charge in [-0.1, -0.05) is 6.07 Å². The van der Waals surface area contributed by atoms with Gasteiger partial charge in [0.2, 0.25) is 0 Å². The van der Waals surface area contributed by atoms with Crippen molar-refractivity contribution in [1.82, 2.24) is 20.1 Å². The van der Waals surface area contributed by atoms with E-state index in [0.29, 0.717) is 0 Å². The predicted molar refractivity (Wildman–Crippen MR) is 89.2 cm³/mol. The molecule has 0 bridgehead atoms. The summed E-state index contributed by atoms with van der Waals surface area (Å²) in [6, 6.07) is 9.72. The lowest BCUT2D eigenvalue weighted by Gasteiger charge is -2.36. The third kappa shape index (κ3) is 2.31. The van der Waals surface area contributed by atoms with Gasteiger partial charge in [-0.15, -0.1) is 0 Å². The summed E-state index contributed by atoms with van der Waals surface area (Å²) in [5.74, 6) is -0.00333. The molecule has 0 spiro atoms. The molecule has 6 heteroatoms. The number of carbonyl (C=O) groups is 1. The van der Waals surface area contributed by atoms with Gasteiger partial charge in [0.25, 0.3) is 5.91 Å². The Kier molecular flexibility index (Phi) is 3.38. The molecule has 1 aliphatic rings. The molecular weight excluding hydrogens is 290 g/mol. The number of hydrogen-bond donors (Lipinski definition) is 3. The molecule has 23 heavy (non-hydrogen) atoms. The highest BCUT2D eigenvalue weighted by Crippen LogP contribution is 2.30. The van der Waals surface area contributed by atoms with Crippen molar-refractivity contribution >= 4 is 22.5 Å². The van der Waals surface area contributed by atoms with Crippen LogP contribution in [0.15, 0.2) is 48.9 Å². The summed E-state index contributed by atoms with van der Waals surface area (Å²) in [5, 5.41) is 11.8. The van der Waals surface area contributed by atoms with Crippen molar-refractivity contribution in [3.8, 4) is 0 Å². The first-order valence-corrected chi connectivity index (χ1v) is 7.88. The number of nitrogens with one attached hydrogen (secondary N) is 3. The van der Waals surface area contributed by atoms with Crippen LogP contribution in [-0.2, 0) is 10.3 Å². The predicted octanol–water partition coefficient (Wildman–Crippen LogP) is 2.08. The van der Waals surface area contributed by atoms with Crippen molar-refractivity contribution in [2.75, 3.05) is 18.4 Å². The topological polar surface area (TPSA) is 74.7 Å². The highest BCUT2D eigenvalue weighted by Gasteiger charge is 2.42. The van der Waals surface area contributed by atoms with Gasteiger partial charge < -0.3 is 15.6 Å². The van der Waals surface area contributed by atoms with Gasteiger partial charge in [-0.3, -0.25) is 9.48 Å². The first-order chi connectivity index (χ1) is 11.3. The molecule has 3 aromatic rings. The molecule has 0 saturated carbocycles. The summed E-state index contributed by atoms with van der Waals surface area (Å²) >= 11 is 0. The fourth-order valence-corrected chi connectivity index (χ4v) is 3.36. The molecule has 1 fully saturated rings.